The quantitative estimate of drug-likeness (QED) is 0.837. The van der Waals surface area contributed by atoms with Gasteiger partial charge in [0.05, 0.1) is 17.4 Å². The van der Waals surface area contributed by atoms with Gasteiger partial charge in [0.1, 0.15) is 6.07 Å². The maximum atomic E-state index is 9.99. The summed E-state index contributed by atoms with van der Waals surface area (Å²) in [5, 5.41) is 22.1. The molecule has 3 heteroatoms. The number of para-hydroxylation sites is 1. The van der Waals surface area contributed by atoms with Crippen molar-refractivity contribution in [3.63, 3.8) is 0 Å². The first-order chi connectivity index (χ1) is 8.79. The number of aliphatic hydroxyl groups excluding tert-OH is 1. The molecule has 0 radical (unpaired) electrons. The van der Waals surface area contributed by atoms with Crippen molar-refractivity contribution in [1.82, 2.24) is 0 Å². The van der Waals surface area contributed by atoms with Gasteiger partial charge in [0.15, 0.2) is 0 Å². The molecule has 0 aliphatic heterocycles. The first kappa shape index (κ1) is 12.9. The monoisotopic (exact) mass is 244 g/mol. The molecule has 1 aliphatic carbocycles. The van der Waals surface area contributed by atoms with Crippen LogP contribution in [0.1, 0.15) is 37.7 Å². The van der Waals surface area contributed by atoms with Crippen LogP contribution in [0.2, 0.25) is 0 Å². The van der Waals surface area contributed by atoms with Gasteiger partial charge in [-0.3, -0.25) is 0 Å². The SMILES string of the molecule is N#Cc1ccccc1NCC(O)CC1CCCC1. The lowest BCUT2D eigenvalue weighted by Gasteiger charge is -2.17. The van der Waals surface area contributed by atoms with Crippen molar-refractivity contribution in [2.24, 2.45) is 5.92 Å². The van der Waals surface area contributed by atoms with Crippen LogP contribution in [0.4, 0.5) is 5.69 Å². The minimum absolute atomic E-state index is 0.320. The lowest BCUT2D eigenvalue weighted by atomic mass is 10.00. The van der Waals surface area contributed by atoms with Crippen LogP contribution in [-0.4, -0.2) is 17.8 Å². The van der Waals surface area contributed by atoms with E-state index in [2.05, 4.69) is 11.4 Å². The lowest BCUT2D eigenvalue weighted by molar-refractivity contribution is 0.155. The Labute approximate surface area is 108 Å². The second-order valence-electron chi connectivity index (χ2n) is 5.08. The summed E-state index contributed by atoms with van der Waals surface area (Å²) in [6, 6.07) is 9.55. The molecular formula is C15H20N2O. The number of rotatable bonds is 5. The predicted octanol–water partition coefficient (Wildman–Crippen LogP) is 2.91. The second kappa shape index (κ2) is 6.42. The van der Waals surface area contributed by atoms with Crippen LogP contribution in [0, 0.1) is 17.2 Å². The van der Waals surface area contributed by atoms with Crippen molar-refractivity contribution in [3.8, 4) is 6.07 Å². The lowest BCUT2D eigenvalue weighted by Crippen LogP contribution is -2.22. The van der Waals surface area contributed by atoms with Gasteiger partial charge in [0.25, 0.3) is 0 Å². The Balaban J connectivity index is 1.81. The highest BCUT2D eigenvalue weighted by Crippen LogP contribution is 2.28. The molecular weight excluding hydrogens is 224 g/mol. The molecule has 3 nitrogen and oxygen atoms in total. The van der Waals surface area contributed by atoms with E-state index < -0.39 is 0 Å². The molecule has 1 saturated carbocycles. The summed E-state index contributed by atoms with van der Waals surface area (Å²) in [6.07, 6.45) is 5.68. The van der Waals surface area contributed by atoms with E-state index in [9.17, 15) is 5.11 Å². The highest BCUT2D eigenvalue weighted by atomic mass is 16.3. The minimum atomic E-state index is -0.320. The summed E-state index contributed by atoms with van der Waals surface area (Å²) in [5.41, 5.74) is 1.44. The van der Waals surface area contributed by atoms with E-state index in [0.29, 0.717) is 18.0 Å². The fourth-order valence-corrected chi connectivity index (χ4v) is 2.68. The Kier molecular flexibility index (Phi) is 4.60. The van der Waals surface area contributed by atoms with Crippen molar-refractivity contribution in [2.75, 3.05) is 11.9 Å². The number of aliphatic hydroxyl groups is 1. The molecule has 2 N–H and O–H groups in total. The molecule has 1 unspecified atom stereocenters. The summed E-state index contributed by atoms with van der Waals surface area (Å²) in [5.74, 6) is 0.688. The maximum absolute atomic E-state index is 9.99. The van der Waals surface area contributed by atoms with Gasteiger partial charge in [-0.15, -0.1) is 0 Å². The first-order valence-electron chi connectivity index (χ1n) is 6.70. The van der Waals surface area contributed by atoms with Crippen LogP contribution in [0.3, 0.4) is 0 Å². The van der Waals surface area contributed by atoms with Crippen LogP contribution in [0.15, 0.2) is 24.3 Å². The molecule has 0 saturated heterocycles. The summed E-state index contributed by atoms with van der Waals surface area (Å²) >= 11 is 0. The predicted molar refractivity (Wildman–Crippen MR) is 72.2 cm³/mol. The molecule has 0 spiro atoms. The molecule has 18 heavy (non-hydrogen) atoms. The van der Waals surface area contributed by atoms with Crippen molar-refractivity contribution in [1.29, 1.82) is 5.26 Å². The summed E-state index contributed by atoms with van der Waals surface area (Å²) < 4.78 is 0. The molecule has 0 bridgehead atoms. The number of nitriles is 1. The average molecular weight is 244 g/mol. The van der Waals surface area contributed by atoms with E-state index in [-0.39, 0.29) is 6.10 Å². The Hall–Kier alpha value is -1.53. The molecule has 96 valence electrons. The number of hydrogen-bond acceptors (Lipinski definition) is 3. The normalized spacial score (nSPS) is 17.3. The average Bonchev–Trinajstić information content (AvgIpc) is 2.89. The van der Waals surface area contributed by atoms with E-state index in [0.717, 1.165) is 12.1 Å². The van der Waals surface area contributed by atoms with E-state index in [1.165, 1.54) is 25.7 Å². The van der Waals surface area contributed by atoms with Gasteiger partial charge in [-0.05, 0) is 24.5 Å². The van der Waals surface area contributed by atoms with Crippen LogP contribution < -0.4 is 5.32 Å². The van der Waals surface area contributed by atoms with Gasteiger partial charge in [-0.25, -0.2) is 0 Å². The van der Waals surface area contributed by atoms with Crippen molar-refractivity contribution >= 4 is 5.69 Å². The number of anilines is 1. The van der Waals surface area contributed by atoms with Crippen molar-refractivity contribution in [2.45, 2.75) is 38.2 Å². The van der Waals surface area contributed by atoms with Gasteiger partial charge < -0.3 is 10.4 Å². The maximum Gasteiger partial charge on any atom is 0.101 e. The molecule has 1 fully saturated rings. The number of nitrogens with zero attached hydrogens (tertiary/aromatic N) is 1. The van der Waals surface area contributed by atoms with Crippen molar-refractivity contribution < 1.29 is 5.11 Å². The number of nitrogens with one attached hydrogen (secondary N) is 1. The second-order valence-corrected chi connectivity index (χ2v) is 5.08. The first-order valence-corrected chi connectivity index (χ1v) is 6.70. The van der Waals surface area contributed by atoms with E-state index in [4.69, 9.17) is 5.26 Å². The van der Waals surface area contributed by atoms with Crippen LogP contribution in [0.5, 0.6) is 0 Å². The van der Waals surface area contributed by atoms with Gasteiger partial charge >= 0.3 is 0 Å². The Morgan fingerprint density at radius 3 is 2.78 bits per heavy atom. The van der Waals surface area contributed by atoms with Gasteiger partial charge in [0.2, 0.25) is 0 Å². The minimum Gasteiger partial charge on any atom is -0.391 e. The molecule has 0 aromatic heterocycles. The van der Waals surface area contributed by atoms with E-state index >= 15 is 0 Å². The van der Waals surface area contributed by atoms with Crippen LogP contribution in [-0.2, 0) is 0 Å². The van der Waals surface area contributed by atoms with E-state index in [1.54, 1.807) is 6.07 Å². The Morgan fingerprint density at radius 1 is 1.33 bits per heavy atom. The van der Waals surface area contributed by atoms with Crippen LogP contribution >= 0.6 is 0 Å². The number of hydrogen-bond donors (Lipinski definition) is 2. The van der Waals surface area contributed by atoms with Crippen LogP contribution in [0.25, 0.3) is 0 Å². The number of benzene rings is 1. The largest absolute Gasteiger partial charge is 0.391 e. The molecule has 2 rings (SSSR count). The topological polar surface area (TPSA) is 56.0 Å². The van der Waals surface area contributed by atoms with Gasteiger partial charge in [-0.2, -0.15) is 5.26 Å². The molecule has 0 heterocycles. The molecule has 1 aliphatic rings. The zero-order valence-electron chi connectivity index (χ0n) is 10.6. The Morgan fingerprint density at radius 2 is 2.06 bits per heavy atom. The fraction of sp³-hybridized carbons (Fsp3) is 0.533. The third-order valence-electron chi connectivity index (χ3n) is 3.66. The highest BCUT2D eigenvalue weighted by Gasteiger charge is 2.18. The molecule has 1 atom stereocenters. The smallest absolute Gasteiger partial charge is 0.101 e. The van der Waals surface area contributed by atoms with E-state index in [1.807, 2.05) is 18.2 Å². The molecule has 1 aromatic rings. The van der Waals surface area contributed by atoms with Crippen molar-refractivity contribution in [3.05, 3.63) is 29.8 Å². The fourth-order valence-electron chi connectivity index (χ4n) is 2.68. The zero-order valence-corrected chi connectivity index (χ0v) is 10.6. The molecule has 0 amide bonds. The summed E-state index contributed by atoms with van der Waals surface area (Å²) in [6.45, 7) is 0.523. The molecule has 1 aromatic carbocycles. The highest BCUT2D eigenvalue weighted by molar-refractivity contribution is 5.57. The Bertz CT molecular complexity index is 419. The third-order valence-corrected chi connectivity index (χ3v) is 3.66. The summed E-state index contributed by atoms with van der Waals surface area (Å²) in [4.78, 5) is 0. The third kappa shape index (κ3) is 3.48. The van der Waals surface area contributed by atoms with Gasteiger partial charge in [0, 0.05) is 6.54 Å². The summed E-state index contributed by atoms with van der Waals surface area (Å²) in [7, 11) is 0. The zero-order chi connectivity index (χ0) is 12.8. The standard InChI is InChI=1S/C15H20N2O/c16-10-13-7-3-4-8-15(13)17-11-14(18)9-12-5-1-2-6-12/h3-4,7-8,12,14,17-18H,1-2,5-6,9,11H2. The van der Waals surface area contributed by atoms with Gasteiger partial charge in [-0.1, -0.05) is 37.8 Å².